The monoisotopic (exact) mass is 292 g/mol. The zero-order chi connectivity index (χ0) is 15.8. The zero-order valence-electron chi connectivity index (χ0n) is 13.6. The molecule has 4 nitrogen and oxygen atoms in total. The summed E-state index contributed by atoms with van der Waals surface area (Å²) in [6, 6.07) is 5.81. The van der Waals surface area contributed by atoms with Crippen molar-refractivity contribution < 1.29 is 9.53 Å². The summed E-state index contributed by atoms with van der Waals surface area (Å²) in [5, 5.41) is 2.96. The average molecular weight is 292 g/mol. The van der Waals surface area contributed by atoms with E-state index in [1.165, 1.54) is 0 Å². The lowest BCUT2D eigenvalue weighted by Gasteiger charge is -2.18. The molecule has 1 aromatic carbocycles. The fourth-order valence-corrected chi connectivity index (χ4v) is 2.18. The van der Waals surface area contributed by atoms with E-state index in [2.05, 4.69) is 26.1 Å². The van der Waals surface area contributed by atoms with Crippen LogP contribution in [0.2, 0.25) is 0 Å². The number of nitrogens with one attached hydrogen (secondary N) is 1. The first-order valence-corrected chi connectivity index (χ1v) is 7.72. The minimum atomic E-state index is -0.162. The third-order valence-corrected chi connectivity index (χ3v) is 3.27. The van der Waals surface area contributed by atoms with E-state index in [1.807, 2.05) is 25.1 Å². The zero-order valence-corrected chi connectivity index (χ0v) is 13.6. The number of anilines is 1. The summed E-state index contributed by atoms with van der Waals surface area (Å²) in [7, 11) is 0. The molecule has 1 aromatic rings. The van der Waals surface area contributed by atoms with Crippen molar-refractivity contribution in [3.8, 4) is 5.75 Å². The molecule has 1 amide bonds. The van der Waals surface area contributed by atoms with E-state index >= 15 is 0 Å². The van der Waals surface area contributed by atoms with Crippen LogP contribution in [0.25, 0.3) is 0 Å². The van der Waals surface area contributed by atoms with Crippen molar-refractivity contribution in [1.29, 1.82) is 0 Å². The first-order chi connectivity index (χ1) is 9.97. The molecule has 3 N–H and O–H groups in total. The number of carbonyl (C=O) groups excluding carboxylic acids is 1. The standard InChI is InChI=1S/C17H28N2O2/c1-5-8-21-16-10-13(4)6-7-15(16)19-17(20)14(11-18)9-12(2)3/h6-7,10,12,14H,5,8-9,11,18H2,1-4H3,(H,19,20). The second-order valence-corrected chi connectivity index (χ2v) is 5.90. The molecule has 0 aromatic heterocycles. The van der Waals surface area contributed by atoms with E-state index in [0.29, 0.717) is 19.1 Å². The van der Waals surface area contributed by atoms with Gasteiger partial charge in [-0.1, -0.05) is 26.8 Å². The normalized spacial score (nSPS) is 12.3. The second-order valence-electron chi connectivity index (χ2n) is 5.90. The summed E-state index contributed by atoms with van der Waals surface area (Å²) in [6.45, 7) is 9.25. The topological polar surface area (TPSA) is 64.3 Å². The number of ether oxygens (including phenoxy) is 1. The lowest BCUT2D eigenvalue weighted by Crippen LogP contribution is -2.30. The Morgan fingerprint density at radius 1 is 1.38 bits per heavy atom. The fourth-order valence-electron chi connectivity index (χ4n) is 2.18. The number of aryl methyl sites for hydroxylation is 1. The molecular weight excluding hydrogens is 264 g/mol. The number of hydrogen-bond acceptors (Lipinski definition) is 3. The van der Waals surface area contributed by atoms with Crippen molar-refractivity contribution in [2.24, 2.45) is 17.6 Å². The van der Waals surface area contributed by atoms with Crippen molar-refractivity contribution >= 4 is 11.6 Å². The van der Waals surface area contributed by atoms with Gasteiger partial charge in [0.25, 0.3) is 0 Å². The number of amides is 1. The molecule has 1 atom stereocenters. The summed E-state index contributed by atoms with van der Waals surface area (Å²) < 4.78 is 5.72. The van der Waals surface area contributed by atoms with E-state index in [1.54, 1.807) is 0 Å². The molecule has 118 valence electrons. The van der Waals surface area contributed by atoms with Gasteiger partial charge in [-0.05, 0) is 43.4 Å². The Hall–Kier alpha value is -1.55. The summed E-state index contributed by atoms with van der Waals surface area (Å²) in [5.41, 5.74) is 7.56. The van der Waals surface area contributed by atoms with Crippen molar-refractivity contribution in [2.45, 2.75) is 40.5 Å². The molecule has 0 aliphatic heterocycles. The van der Waals surface area contributed by atoms with Crippen LogP contribution in [0.5, 0.6) is 5.75 Å². The van der Waals surface area contributed by atoms with Crippen LogP contribution in [0.1, 0.15) is 39.2 Å². The number of benzene rings is 1. The largest absolute Gasteiger partial charge is 0.491 e. The van der Waals surface area contributed by atoms with Gasteiger partial charge in [0.2, 0.25) is 5.91 Å². The predicted octanol–water partition coefficient (Wildman–Crippen LogP) is 3.34. The number of carbonyl (C=O) groups is 1. The lowest BCUT2D eigenvalue weighted by molar-refractivity contribution is -0.120. The van der Waals surface area contributed by atoms with Gasteiger partial charge >= 0.3 is 0 Å². The molecule has 4 heteroatoms. The minimum Gasteiger partial charge on any atom is -0.491 e. The Labute approximate surface area is 128 Å². The van der Waals surface area contributed by atoms with Gasteiger partial charge < -0.3 is 15.8 Å². The second kappa shape index (κ2) is 8.67. The Bertz CT molecular complexity index is 458. The van der Waals surface area contributed by atoms with Crippen LogP contribution >= 0.6 is 0 Å². The molecule has 0 saturated heterocycles. The minimum absolute atomic E-state index is 0.0311. The van der Waals surface area contributed by atoms with Crippen LogP contribution < -0.4 is 15.8 Å². The van der Waals surface area contributed by atoms with Crippen molar-refractivity contribution in [3.63, 3.8) is 0 Å². The van der Waals surface area contributed by atoms with E-state index in [0.717, 1.165) is 29.8 Å². The molecule has 0 spiro atoms. The third-order valence-electron chi connectivity index (χ3n) is 3.27. The van der Waals surface area contributed by atoms with Crippen molar-refractivity contribution in [1.82, 2.24) is 0 Å². The molecule has 1 unspecified atom stereocenters. The van der Waals surface area contributed by atoms with Crippen molar-refractivity contribution in [3.05, 3.63) is 23.8 Å². The molecule has 21 heavy (non-hydrogen) atoms. The Kier molecular flexibility index (Phi) is 7.23. The van der Waals surface area contributed by atoms with Gasteiger partial charge in [-0.2, -0.15) is 0 Å². The number of hydrogen-bond donors (Lipinski definition) is 2. The van der Waals surface area contributed by atoms with Gasteiger partial charge in [0.05, 0.1) is 18.2 Å². The van der Waals surface area contributed by atoms with Crippen LogP contribution in [0, 0.1) is 18.8 Å². The maximum absolute atomic E-state index is 12.3. The molecule has 0 heterocycles. The number of rotatable bonds is 8. The Morgan fingerprint density at radius 2 is 2.10 bits per heavy atom. The first-order valence-electron chi connectivity index (χ1n) is 7.72. The fraction of sp³-hybridized carbons (Fsp3) is 0.588. The van der Waals surface area contributed by atoms with Crippen molar-refractivity contribution in [2.75, 3.05) is 18.5 Å². The molecule has 0 fully saturated rings. The van der Waals surface area contributed by atoms with Gasteiger partial charge in [-0.25, -0.2) is 0 Å². The predicted molar refractivity (Wildman–Crippen MR) is 87.6 cm³/mol. The lowest BCUT2D eigenvalue weighted by atomic mass is 9.96. The highest BCUT2D eigenvalue weighted by atomic mass is 16.5. The highest BCUT2D eigenvalue weighted by Crippen LogP contribution is 2.27. The van der Waals surface area contributed by atoms with Crippen LogP contribution in [0.3, 0.4) is 0 Å². The molecule has 1 rings (SSSR count). The van der Waals surface area contributed by atoms with Crippen LogP contribution in [0.4, 0.5) is 5.69 Å². The molecule has 0 aliphatic carbocycles. The van der Waals surface area contributed by atoms with Crippen LogP contribution in [-0.2, 0) is 4.79 Å². The summed E-state index contributed by atoms with van der Waals surface area (Å²) in [4.78, 5) is 12.3. The van der Waals surface area contributed by atoms with Gasteiger partial charge in [-0.15, -0.1) is 0 Å². The quantitative estimate of drug-likeness (QED) is 0.772. The third kappa shape index (κ3) is 5.76. The van der Waals surface area contributed by atoms with Crippen LogP contribution in [-0.4, -0.2) is 19.1 Å². The first kappa shape index (κ1) is 17.5. The molecule has 0 saturated carbocycles. The Balaban J connectivity index is 2.82. The van der Waals surface area contributed by atoms with Gasteiger partial charge in [0, 0.05) is 6.54 Å². The smallest absolute Gasteiger partial charge is 0.228 e. The summed E-state index contributed by atoms with van der Waals surface area (Å²) in [5.74, 6) is 0.977. The van der Waals surface area contributed by atoms with Crippen LogP contribution in [0.15, 0.2) is 18.2 Å². The van der Waals surface area contributed by atoms with Gasteiger partial charge in [0.15, 0.2) is 0 Å². The average Bonchev–Trinajstić information content (AvgIpc) is 2.44. The molecule has 0 radical (unpaired) electrons. The van der Waals surface area contributed by atoms with E-state index in [9.17, 15) is 4.79 Å². The Morgan fingerprint density at radius 3 is 2.67 bits per heavy atom. The van der Waals surface area contributed by atoms with E-state index in [-0.39, 0.29) is 11.8 Å². The maximum Gasteiger partial charge on any atom is 0.228 e. The SMILES string of the molecule is CCCOc1cc(C)ccc1NC(=O)C(CN)CC(C)C. The molecule has 0 bridgehead atoms. The molecular formula is C17H28N2O2. The maximum atomic E-state index is 12.3. The van der Waals surface area contributed by atoms with Gasteiger partial charge in [-0.3, -0.25) is 4.79 Å². The highest BCUT2D eigenvalue weighted by Gasteiger charge is 2.19. The van der Waals surface area contributed by atoms with E-state index < -0.39 is 0 Å². The summed E-state index contributed by atoms with van der Waals surface area (Å²) >= 11 is 0. The highest BCUT2D eigenvalue weighted by molar-refractivity contribution is 5.94. The summed E-state index contributed by atoms with van der Waals surface area (Å²) in [6.07, 6.45) is 1.72. The van der Waals surface area contributed by atoms with Gasteiger partial charge in [0.1, 0.15) is 5.75 Å². The molecule has 0 aliphatic rings. The van der Waals surface area contributed by atoms with E-state index in [4.69, 9.17) is 10.5 Å². The number of nitrogens with two attached hydrogens (primary N) is 1.